The number of nitrogens with one attached hydrogen (secondary N) is 4. The van der Waals surface area contributed by atoms with Crippen molar-refractivity contribution in [3.63, 3.8) is 0 Å². The van der Waals surface area contributed by atoms with Gasteiger partial charge in [-0.3, -0.25) is 23.4 Å². The third-order valence-electron chi connectivity index (χ3n) is 9.44. The molecule has 3 aliphatic carbocycles. The number of nitrogens with zero attached hydrogens (tertiary/aromatic N) is 1. The van der Waals surface area contributed by atoms with Crippen LogP contribution in [0.2, 0.25) is 0 Å². The van der Waals surface area contributed by atoms with E-state index < -0.39 is 74.9 Å². The first-order chi connectivity index (χ1) is 20.2. The highest BCUT2D eigenvalue weighted by Crippen LogP contribution is 2.35. The molecule has 12 nitrogen and oxygen atoms in total. The number of ketones is 1. The fourth-order valence-electron chi connectivity index (χ4n) is 6.34. The molecule has 1 heterocycles. The molecule has 1 aliphatic heterocycles. The van der Waals surface area contributed by atoms with Gasteiger partial charge in [-0.15, -0.1) is 0 Å². The molecule has 0 radical (unpaired) electrons. The number of Topliss-reactive ketones (excluding diaryl/α,β-unsaturated/α-hetero) is 1. The molecule has 242 valence electrons. The van der Waals surface area contributed by atoms with E-state index >= 15 is 0 Å². The zero-order valence-corrected chi connectivity index (χ0v) is 26.7. The number of urea groups is 1. The number of hydrogen-bond acceptors (Lipinski definition) is 7. The Balaban J connectivity index is 1.45. The summed E-state index contributed by atoms with van der Waals surface area (Å²) >= 11 is -2.39. The van der Waals surface area contributed by atoms with Crippen LogP contribution in [-0.4, -0.2) is 84.7 Å². The Hall–Kier alpha value is -2.54. The van der Waals surface area contributed by atoms with Crippen molar-refractivity contribution in [3.05, 3.63) is 0 Å². The Morgan fingerprint density at radius 2 is 1.60 bits per heavy atom. The average Bonchev–Trinajstić information content (AvgIpc) is 3.88. The summed E-state index contributed by atoms with van der Waals surface area (Å²) in [6.07, 6.45) is 8.55. The topological polar surface area (TPSA) is 177 Å². The van der Waals surface area contributed by atoms with Crippen LogP contribution in [0.5, 0.6) is 0 Å². The SMILES string of the molecule is C[C@H](S(=O)[O-])C1(NC(=O)N[C@H](C(=O)N2CCC[C@H]2C(=O)N[C@@H](CC2CC2)C(=O)C(=O)NC2CC2)C(C)(C)C)CCCCC1. The summed E-state index contributed by atoms with van der Waals surface area (Å²) < 4.78 is 23.8. The highest BCUT2D eigenvalue weighted by Gasteiger charge is 2.45. The Morgan fingerprint density at radius 3 is 2.16 bits per heavy atom. The summed E-state index contributed by atoms with van der Waals surface area (Å²) in [6, 6.07) is -3.38. The standard InChI is InChI=1S/C30H49N5O7S/c1-18(43(41)42)30(14-6-5-7-15-30)34-28(40)33-24(29(2,3)4)27(39)35-16-8-9-22(35)25(37)32-21(17-19-10-11-19)23(36)26(38)31-20-12-13-20/h18-22,24H,5-17H2,1-4H3,(H,31,38)(H,32,37)(H,41,42)(H2,33,34,40)/p-1/t18-,21-,22-,24+/m0/s1. The van der Waals surface area contributed by atoms with Gasteiger partial charge in [0.1, 0.15) is 12.1 Å². The molecule has 0 bridgehead atoms. The zero-order valence-electron chi connectivity index (χ0n) is 25.9. The van der Waals surface area contributed by atoms with Gasteiger partial charge in [-0.25, -0.2) is 4.79 Å². The van der Waals surface area contributed by atoms with E-state index in [1.165, 1.54) is 4.90 Å². The predicted molar refractivity (Wildman–Crippen MR) is 159 cm³/mol. The molecule has 4 aliphatic rings. The van der Waals surface area contributed by atoms with Gasteiger partial charge in [0, 0.05) is 17.8 Å². The van der Waals surface area contributed by atoms with Crippen LogP contribution >= 0.6 is 0 Å². The first kappa shape index (κ1) is 33.4. The molecule has 4 rings (SSSR count). The van der Waals surface area contributed by atoms with E-state index in [9.17, 15) is 32.7 Å². The number of amides is 5. The maximum Gasteiger partial charge on any atom is 0.315 e. The fraction of sp³-hybridized carbons (Fsp3) is 0.833. The molecule has 13 heteroatoms. The molecular weight excluding hydrogens is 574 g/mol. The normalized spacial score (nSPS) is 24.7. The van der Waals surface area contributed by atoms with Crippen molar-refractivity contribution in [2.24, 2.45) is 11.3 Å². The predicted octanol–water partition coefficient (Wildman–Crippen LogP) is 1.79. The van der Waals surface area contributed by atoms with E-state index in [0.29, 0.717) is 38.6 Å². The molecule has 5 atom stereocenters. The quantitative estimate of drug-likeness (QED) is 0.189. The summed E-state index contributed by atoms with van der Waals surface area (Å²) in [6.45, 7) is 7.35. The van der Waals surface area contributed by atoms with Crippen molar-refractivity contribution in [1.82, 2.24) is 26.2 Å². The lowest BCUT2D eigenvalue weighted by molar-refractivity contribution is -0.144. The van der Waals surface area contributed by atoms with Crippen LogP contribution in [0.3, 0.4) is 0 Å². The lowest BCUT2D eigenvalue weighted by Gasteiger charge is -2.44. The van der Waals surface area contributed by atoms with Crippen molar-refractivity contribution < 1.29 is 32.7 Å². The second-order valence-electron chi connectivity index (χ2n) is 14.1. The molecule has 0 spiro atoms. The van der Waals surface area contributed by atoms with E-state index in [4.69, 9.17) is 0 Å². The number of carbonyl (C=O) groups excluding carboxylic acids is 5. The summed E-state index contributed by atoms with van der Waals surface area (Å²) in [7, 11) is 0. The largest absolute Gasteiger partial charge is 0.772 e. The van der Waals surface area contributed by atoms with Gasteiger partial charge in [0.15, 0.2) is 0 Å². The van der Waals surface area contributed by atoms with E-state index in [0.717, 1.165) is 44.9 Å². The van der Waals surface area contributed by atoms with Gasteiger partial charge in [0.05, 0.1) is 11.6 Å². The van der Waals surface area contributed by atoms with Crippen LogP contribution in [-0.2, 0) is 30.3 Å². The molecule has 0 aromatic carbocycles. The van der Waals surface area contributed by atoms with Crippen molar-refractivity contribution in [2.45, 2.75) is 140 Å². The minimum Gasteiger partial charge on any atom is -0.772 e. The Labute approximate surface area is 256 Å². The van der Waals surface area contributed by atoms with Gasteiger partial charge in [0.25, 0.3) is 5.91 Å². The summed E-state index contributed by atoms with van der Waals surface area (Å²) in [5.74, 6) is -1.95. The minimum absolute atomic E-state index is 0.0226. The van der Waals surface area contributed by atoms with Gasteiger partial charge in [0.2, 0.25) is 17.6 Å². The number of carbonyl (C=O) groups is 5. The molecule has 3 saturated carbocycles. The second-order valence-corrected chi connectivity index (χ2v) is 15.3. The molecule has 4 fully saturated rings. The highest BCUT2D eigenvalue weighted by atomic mass is 32.2. The van der Waals surface area contributed by atoms with Crippen LogP contribution in [0.1, 0.15) is 105 Å². The van der Waals surface area contributed by atoms with E-state index in [-0.39, 0.29) is 12.0 Å². The summed E-state index contributed by atoms with van der Waals surface area (Å²) in [5.41, 5.74) is -1.65. The summed E-state index contributed by atoms with van der Waals surface area (Å²) in [5, 5.41) is 10.4. The Bertz CT molecular complexity index is 1110. The van der Waals surface area contributed by atoms with E-state index in [1.807, 2.05) is 20.8 Å². The molecular formula is C30H48N5O7S-. The molecule has 4 N–H and O–H groups in total. The van der Waals surface area contributed by atoms with E-state index in [2.05, 4.69) is 21.3 Å². The number of hydrogen-bond donors (Lipinski definition) is 4. The van der Waals surface area contributed by atoms with Crippen LogP contribution < -0.4 is 21.3 Å². The van der Waals surface area contributed by atoms with Gasteiger partial charge in [-0.1, -0.05) is 64.0 Å². The van der Waals surface area contributed by atoms with Gasteiger partial charge in [-0.2, -0.15) is 0 Å². The van der Waals surface area contributed by atoms with Crippen molar-refractivity contribution in [2.75, 3.05) is 6.54 Å². The third-order valence-corrected chi connectivity index (χ3v) is 10.5. The maximum atomic E-state index is 14.0. The van der Waals surface area contributed by atoms with Gasteiger partial charge >= 0.3 is 6.03 Å². The van der Waals surface area contributed by atoms with Gasteiger partial charge in [-0.05, 0) is 63.2 Å². The highest BCUT2D eigenvalue weighted by molar-refractivity contribution is 7.79. The molecule has 0 aromatic rings. The molecule has 5 amide bonds. The lowest BCUT2D eigenvalue weighted by Crippen LogP contribution is -2.64. The molecule has 1 unspecified atom stereocenters. The molecule has 0 aromatic heterocycles. The zero-order chi connectivity index (χ0) is 31.5. The van der Waals surface area contributed by atoms with Crippen molar-refractivity contribution in [3.8, 4) is 0 Å². The summed E-state index contributed by atoms with van der Waals surface area (Å²) in [4.78, 5) is 67.8. The lowest BCUT2D eigenvalue weighted by atomic mass is 9.79. The smallest absolute Gasteiger partial charge is 0.315 e. The van der Waals surface area contributed by atoms with Crippen LogP contribution in [0.15, 0.2) is 0 Å². The van der Waals surface area contributed by atoms with Crippen molar-refractivity contribution in [1.29, 1.82) is 0 Å². The first-order valence-corrected chi connectivity index (χ1v) is 17.0. The van der Waals surface area contributed by atoms with Crippen LogP contribution in [0.25, 0.3) is 0 Å². The average molecular weight is 623 g/mol. The Morgan fingerprint density at radius 1 is 0.953 bits per heavy atom. The molecule has 43 heavy (non-hydrogen) atoms. The monoisotopic (exact) mass is 622 g/mol. The van der Waals surface area contributed by atoms with Crippen molar-refractivity contribution >= 4 is 40.6 Å². The maximum absolute atomic E-state index is 14.0. The number of likely N-dealkylation sites (tertiary alicyclic amines) is 1. The fourth-order valence-corrected chi connectivity index (χ4v) is 7.00. The minimum atomic E-state index is -2.39. The second kappa shape index (κ2) is 13.6. The van der Waals surface area contributed by atoms with Crippen LogP contribution in [0, 0.1) is 11.3 Å². The van der Waals surface area contributed by atoms with E-state index in [1.54, 1.807) is 6.92 Å². The van der Waals surface area contributed by atoms with Gasteiger partial charge < -0.3 is 30.7 Å². The molecule has 1 saturated heterocycles. The van der Waals surface area contributed by atoms with Crippen LogP contribution in [0.4, 0.5) is 4.79 Å². The number of rotatable bonds is 12. The third kappa shape index (κ3) is 8.55. The Kier molecular flexibility index (Phi) is 10.6. The first-order valence-electron chi connectivity index (χ1n) is 15.8.